The summed E-state index contributed by atoms with van der Waals surface area (Å²) in [6.45, 7) is 8.71. The Bertz CT molecular complexity index is 415. The van der Waals surface area contributed by atoms with Gasteiger partial charge in [-0.2, -0.15) is 11.8 Å². The number of rotatable bonds is 5. The Hall–Kier alpha value is -0.380. The SMILES string of the molecule is CC(C)CNCc1cc(Cl)ccc1N1CCCSCC1. The molecule has 0 radical (unpaired) electrons. The second-order valence-corrected chi connectivity index (χ2v) is 7.41. The Balaban J connectivity index is 2.09. The highest BCUT2D eigenvalue weighted by Gasteiger charge is 2.14. The van der Waals surface area contributed by atoms with Crippen molar-refractivity contribution >= 4 is 29.1 Å². The quantitative estimate of drug-likeness (QED) is 0.883. The van der Waals surface area contributed by atoms with Crippen LogP contribution in [0, 0.1) is 5.92 Å². The van der Waals surface area contributed by atoms with Crippen molar-refractivity contribution in [3.05, 3.63) is 28.8 Å². The fraction of sp³-hybridized carbons (Fsp3) is 0.625. The molecule has 0 aromatic heterocycles. The average Bonchev–Trinajstić information content (AvgIpc) is 2.67. The van der Waals surface area contributed by atoms with Gasteiger partial charge in [0.1, 0.15) is 0 Å². The topological polar surface area (TPSA) is 15.3 Å². The zero-order chi connectivity index (χ0) is 14.4. The van der Waals surface area contributed by atoms with Gasteiger partial charge in [0.25, 0.3) is 0 Å². The van der Waals surface area contributed by atoms with Crippen molar-refractivity contribution in [2.24, 2.45) is 5.92 Å². The van der Waals surface area contributed by atoms with E-state index >= 15 is 0 Å². The molecule has 1 aliphatic rings. The molecule has 20 heavy (non-hydrogen) atoms. The van der Waals surface area contributed by atoms with E-state index in [9.17, 15) is 0 Å². The number of anilines is 1. The summed E-state index contributed by atoms with van der Waals surface area (Å²) in [7, 11) is 0. The maximum absolute atomic E-state index is 6.18. The third kappa shape index (κ3) is 4.87. The molecular weight excluding hydrogens is 288 g/mol. The monoisotopic (exact) mass is 312 g/mol. The fourth-order valence-electron chi connectivity index (χ4n) is 2.49. The lowest BCUT2D eigenvalue weighted by Gasteiger charge is -2.25. The molecule has 1 aromatic carbocycles. The van der Waals surface area contributed by atoms with Crippen molar-refractivity contribution in [2.45, 2.75) is 26.8 Å². The van der Waals surface area contributed by atoms with Crippen LogP contribution in [0.25, 0.3) is 0 Å². The first kappa shape index (κ1) is 16.0. The van der Waals surface area contributed by atoms with Crippen molar-refractivity contribution in [1.82, 2.24) is 5.32 Å². The van der Waals surface area contributed by atoms with Crippen LogP contribution in [-0.2, 0) is 6.54 Å². The summed E-state index contributed by atoms with van der Waals surface area (Å²) in [5.74, 6) is 3.18. The molecule has 0 atom stereocenters. The molecule has 0 unspecified atom stereocenters. The van der Waals surface area contributed by atoms with E-state index in [2.05, 4.69) is 48.0 Å². The van der Waals surface area contributed by atoms with E-state index in [1.54, 1.807) is 0 Å². The molecular formula is C16H25ClN2S. The van der Waals surface area contributed by atoms with Crippen LogP contribution in [0.3, 0.4) is 0 Å². The van der Waals surface area contributed by atoms with Gasteiger partial charge in [0, 0.05) is 36.1 Å². The second-order valence-electron chi connectivity index (χ2n) is 5.75. The zero-order valence-electron chi connectivity index (χ0n) is 12.5. The van der Waals surface area contributed by atoms with Gasteiger partial charge in [-0.3, -0.25) is 0 Å². The van der Waals surface area contributed by atoms with E-state index in [4.69, 9.17) is 11.6 Å². The van der Waals surface area contributed by atoms with Crippen molar-refractivity contribution in [3.8, 4) is 0 Å². The van der Waals surface area contributed by atoms with Crippen LogP contribution >= 0.6 is 23.4 Å². The lowest BCUT2D eigenvalue weighted by atomic mass is 10.1. The van der Waals surface area contributed by atoms with E-state index in [0.29, 0.717) is 5.92 Å². The van der Waals surface area contributed by atoms with Gasteiger partial charge >= 0.3 is 0 Å². The molecule has 2 rings (SSSR count). The number of thioether (sulfide) groups is 1. The largest absolute Gasteiger partial charge is 0.370 e. The van der Waals surface area contributed by atoms with Crippen molar-refractivity contribution in [3.63, 3.8) is 0 Å². The van der Waals surface area contributed by atoms with Gasteiger partial charge in [-0.15, -0.1) is 0 Å². The van der Waals surface area contributed by atoms with Gasteiger partial charge in [-0.1, -0.05) is 25.4 Å². The van der Waals surface area contributed by atoms with Gasteiger partial charge in [-0.05, 0) is 48.4 Å². The van der Waals surface area contributed by atoms with Crippen LogP contribution in [0.2, 0.25) is 5.02 Å². The van der Waals surface area contributed by atoms with Crippen molar-refractivity contribution < 1.29 is 0 Å². The lowest BCUT2D eigenvalue weighted by Crippen LogP contribution is -2.28. The summed E-state index contributed by atoms with van der Waals surface area (Å²) in [6, 6.07) is 6.31. The minimum atomic E-state index is 0.673. The number of nitrogens with one attached hydrogen (secondary N) is 1. The van der Waals surface area contributed by atoms with Crippen LogP contribution in [0.4, 0.5) is 5.69 Å². The maximum atomic E-state index is 6.18. The predicted octanol–water partition coefficient (Wildman–Crippen LogP) is 4.03. The van der Waals surface area contributed by atoms with Gasteiger partial charge in [0.05, 0.1) is 0 Å². The number of halogens is 1. The molecule has 1 fully saturated rings. The predicted molar refractivity (Wildman–Crippen MR) is 92.2 cm³/mol. The van der Waals surface area contributed by atoms with Gasteiger partial charge in [-0.25, -0.2) is 0 Å². The summed E-state index contributed by atoms with van der Waals surface area (Å²) in [5, 5.41) is 4.37. The molecule has 0 amide bonds. The first-order chi connectivity index (χ1) is 9.66. The van der Waals surface area contributed by atoms with E-state index < -0.39 is 0 Å². The molecule has 4 heteroatoms. The number of hydrogen-bond donors (Lipinski definition) is 1. The van der Waals surface area contributed by atoms with E-state index in [0.717, 1.165) is 31.2 Å². The molecule has 1 N–H and O–H groups in total. The zero-order valence-corrected chi connectivity index (χ0v) is 14.1. The number of nitrogens with zero attached hydrogens (tertiary/aromatic N) is 1. The maximum Gasteiger partial charge on any atom is 0.0413 e. The third-order valence-electron chi connectivity index (χ3n) is 3.47. The fourth-order valence-corrected chi connectivity index (χ4v) is 3.57. The Morgan fingerprint density at radius 3 is 2.95 bits per heavy atom. The molecule has 0 bridgehead atoms. The highest BCUT2D eigenvalue weighted by atomic mass is 35.5. The highest BCUT2D eigenvalue weighted by Crippen LogP contribution is 2.26. The highest BCUT2D eigenvalue weighted by molar-refractivity contribution is 7.99. The number of benzene rings is 1. The molecule has 0 spiro atoms. The first-order valence-corrected chi connectivity index (χ1v) is 9.02. The standard InChI is InChI=1S/C16H25ClN2S/c1-13(2)11-18-12-14-10-15(17)4-5-16(14)19-6-3-8-20-9-7-19/h4-5,10,13,18H,3,6-9,11-12H2,1-2H3. The smallest absolute Gasteiger partial charge is 0.0413 e. The van der Waals surface area contributed by atoms with Gasteiger partial charge in [0.15, 0.2) is 0 Å². The van der Waals surface area contributed by atoms with E-state index in [1.807, 2.05) is 6.07 Å². The summed E-state index contributed by atoms with van der Waals surface area (Å²) in [6.07, 6.45) is 1.27. The lowest BCUT2D eigenvalue weighted by molar-refractivity contribution is 0.552. The first-order valence-electron chi connectivity index (χ1n) is 7.48. The third-order valence-corrected chi connectivity index (χ3v) is 4.76. The van der Waals surface area contributed by atoms with Crippen LogP contribution in [0.5, 0.6) is 0 Å². The van der Waals surface area contributed by atoms with Gasteiger partial charge in [0.2, 0.25) is 0 Å². The molecule has 1 saturated heterocycles. The van der Waals surface area contributed by atoms with Crippen molar-refractivity contribution in [1.29, 1.82) is 0 Å². The molecule has 1 aliphatic heterocycles. The summed E-state index contributed by atoms with van der Waals surface area (Å²) < 4.78 is 0. The van der Waals surface area contributed by atoms with Gasteiger partial charge < -0.3 is 10.2 Å². The minimum Gasteiger partial charge on any atom is -0.370 e. The molecule has 112 valence electrons. The number of hydrogen-bond acceptors (Lipinski definition) is 3. The normalized spacial score (nSPS) is 16.5. The van der Waals surface area contributed by atoms with Crippen LogP contribution in [-0.4, -0.2) is 31.1 Å². The minimum absolute atomic E-state index is 0.673. The van der Waals surface area contributed by atoms with Crippen molar-refractivity contribution in [2.75, 3.05) is 36.0 Å². The second kappa shape index (κ2) is 8.16. The van der Waals surface area contributed by atoms with Crippen LogP contribution in [0.1, 0.15) is 25.8 Å². The Kier molecular flexibility index (Phi) is 6.53. The van der Waals surface area contributed by atoms with Crippen LogP contribution in [0.15, 0.2) is 18.2 Å². The summed E-state index contributed by atoms with van der Waals surface area (Å²) >= 11 is 8.24. The molecule has 0 saturated carbocycles. The molecule has 1 aromatic rings. The van der Waals surface area contributed by atoms with E-state index in [1.165, 1.54) is 29.2 Å². The summed E-state index contributed by atoms with van der Waals surface area (Å²) in [4.78, 5) is 2.52. The Labute approximate surface area is 132 Å². The Morgan fingerprint density at radius 1 is 1.30 bits per heavy atom. The Morgan fingerprint density at radius 2 is 2.15 bits per heavy atom. The molecule has 0 aliphatic carbocycles. The summed E-state index contributed by atoms with van der Waals surface area (Å²) in [5.41, 5.74) is 2.68. The van der Waals surface area contributed by atoms with E-state index in [-0.39, 0.29) is 0 Å². The average molecular weight is 313 g/mol. The van der Waals surface area contributed by atoms with Crippen LogP contribution < -0.4 is 10.2 Å². The molecule has 1 heterocycles. The molecule has 2 nitrogen and oxygen atoms in total.